The molecule has 0 aliphatic heterocycles. The standard InChI is InChI=1S/C17H29N5.HI/c1-5-18-17(20-15-8-12(15)4)19-14-7-6-13-10-22(11(2)3)21-16(13)9-14;/h10-12,14-15H,5-9H2,1-4H3,(H2,18,19,20);1H. The van der Waals surface area contributed by atoms with Gasteiger partial charge in [-0.1, -0.05) is 6.92 Å². The molecule has 1 fully saturated rings. The minimum atomic E-state index is 0. The van der Waals surface area contributed by atoms with Crippen molar-refractivity contribution in [1.29, 1.82) is 0 Å². The second kappa shape index (κ2) is 7.85. The number of hydrogen-bond donors (Lipinski definition) is 2. The average Bonchev–Trinajstić information content (AvgIpc) is 3.00. The smallest absolute Gasteiger partial charge is 0.191 e. The highest BCUT2D eigenvalue weighted by Crippen LogP contribution is 2.29. The van der Waals surface area contributed by atoms with Crippen LogP contribution in [0, 0.1) is 5.92 Å². The van der Waals surface area contributed by atoms with Crippen molar-refractivity contribution in [3.8, 4) is 0 Å². The predicted octanol–water partition coefficient (Wildman–Crippen LogP) is 2.90. The van der Waals surface area contributed by atoms with Gasteiger partial charge in [-0.2, -0.15) is 5.10 Å². The summed E-state index contributed by atoms with van der Waals surface area (Å²) in [6, 6.07) is 1.49. The Labute approximate surface area is 156 Å². The fourth-order valence-electron chi connectivity index (χ4n) is 3.08. The van der Waals surface area contributed by atoms with Crippen molar-refractivity contribution in [3.05, 3.63) is 17.5 Å². The van der Waals surface area contributed by atoms with Gasteiger partial charge >= 0.3 is 0 Å². The summed E-state index contributed by atoms with van der Waals surface area (Å²) in [5, 5.41) is 11.9. The van der Waals surface area contributed by atoms with E-state index in [1.54, 1.807) is 0 Å². The van der Waals surface area contributed by atoms with Crippen LogP contribution in [0.2, 0.25) is 0 Å². The number of guanidine groups is 1. The van der Waals surface area contributed by atoms with E-state index in [4.69, 9.17) is 5.10 Å². The lowest BCUT2D eigenvalue weighted by Crippen LogP contribution is -2.46. The Morgan fingerprint density at radius 1 is 1.43 bits per heavy atom. The molecule has 1 heterocycles. The predicted molar refractivity (Wildman–Crippen MR) is 106 cm³/mol. The Morgan fingerprint density at radius 2 is 2.17 bits per heavy atom. The first-order chi connectivity index (χ1) is 10.6. The number of hydrogen-bond acceptors (Lipinski definition) is 2. The zero-order chi connectivity index (χ0) is 15.7. The molecule has 0 radical (unpaired) electrons. The lowest BCUT2D eigenvalue weighted by atomic mass is 9.94. The molecule has 5 nitrogen and oxygen atoms in total. The maximum absolute atomic E-state index is 4.76. The number of nitrogens with one attached hydrogen (secondary N) is 2. The van der Waals surface area contributed by atoms with E-state index in [-0.39, 0.29) is 24.0 Å². The summed E-state index contributed by atoms with van der Waals surface area (Å²) in [7, 11) is 0. The Bertz CT molecular complexity index is 551. The van der Waals surface area contributed by atoms with Crippen molar-refractivity contribution in [1.82, 2.24) is 20.4 Å². The number of aliphatic imine (C=N–C) groups is 1. The zero-order valence-corrected chi connectivity index (χ0v) is 17.0. The number of fused-ring (bicyclic) bond motifs is 1. The van der Waals surface area contributed by atoms with Gasteiger partial charge in [-0.15, -0.1) is 24.0 Å². The third-order valence-corrected chi connectivity index (χ3v) is 4.71. The van der Waals surface area contributed by atoms with Gasteiger partial charge in [-0.3, -0.25) is 9.67 Å². The average molecular weight is 431 g/mol. The minimum Gasteiger partial charge on any atom is -0.353 e. The zero-order valence-electron chi connectivity index (χ0n) is 14.7. The van der Waals surface area contributed by atoms with Crippen LogP contribution in [-0.4, -0.2) is 34.4 Å². The van der Waals surface area contributed by atoms with E-state index >= 15 is 0 Å². The Hall–Kier alpha value is -0.790. The lowest BCUT2D eigenvalue weighted by molar-refractivity contribution is 0.498. The van der Waals surface area contributed by atoms with Gasteiger partial charge in [0.2, 0.25) is 0 Å². The second-order valence-electron chi connectivity index (χ2n) is 7.05. The molecule has 3 unspecified atom stereocenters. The number of rotatable bonds is 4. The van der Waals surface area contributed by atoms with E-state index in [1.807, 2.05) is 0 Å². The molecule has 1 saturated carbocycles. The van der Waals surface area contributed by atoms with Crippen molar-refractivity contribution in [3.63, 3.8) is 0 Å². The normalized spacial score (nSPS) is 26.5. The lowest BCUT2D eigenvalue weighted by Gasteiger charge is -2.24. The summed E-state index contributed by atoms with van der Waals surface area (Å²) >= 11 is 0. The molecule has 1 aromatic heterocycles. The van der Waals surface area contributed by atoms with Gasteiger partial charge in [-0.05, 0) is 51.5 Å². The maximum atomic E-state index is 4.76. The molecular weight excluding hydrogens is 401 g/mol. The molecule has 2 aliphatic rings. The quantitative estimate of drug-likeness (QED) is 0.438. The van der Waals surface area contributed by atoms with Crippen molar-refractivity contribution in [2.24, 2.45) is 10.9 Å². The molecule has 2 aliphatic carbocycles. The van der Waals surface area contributed by atoms with Crippen molar-refractivity contribution < 1.29 is 0 Å². The molecule has 6 heteroatoms. The van der Waals surface area contributed by atoms with Crippen LogP contribution in [0.5, 0.6) is 0 Å². The topological polar surface area (TPSA) is 54.2 Å². The molecule has 1 aromatic rings. The minimum absolute atomic E-state index is 0. The largest absolute Gasteiger partial charge is 0.353 e. The van der Waals surface area contributed by atoms with E-state index in [0.29, 0.717) is 18.1 Å². The van der Waals surface area contributed by atoms with Crippen LogP contribution >= 0.6 is 24.0 Å². The molecular formula is C17H30IN5. The molecule has 0 spiro atoms. The first-order valence-corrected chi connectivity index (χ1v) is 8.71. The molecule has 0 aromatic carbocycles. The monoisotopic (exact) mass is 431 g/mol. The fourth-order valence-corrected chi connectivity index (χ4v) is 3.08. The maximum Gasteiger partial charge on any atom is 0.191 e. The highest BCUT2D eigenvalue weighted by molar-refractivity contribution is 14.0. The molecule has 0 saturated heterocycles. The van der Waals surface area contributed by atoms with Crippen molar-refractivity contribution in [2.45, 2.75) is 71.5 Å². The molecule has 0 bridgehead atoms. The van der Waals surface area contributed by atoms with Crippen LogP contribution in [0.15, 0.2) is 11.2 Å². The number of aromatic nitrogens is 2. The fraction of sp³-hybridized carbons (Fsp3) is 0.765. The molecule has 0 amide bonds. The highest BCUT2D eigenvalue weighted by atomic mass is 127. The summed E-state index contributed by atoms with van der Waals surface area (Å²) in [5.41, 5.74) is 2.68. The van der Waals surface area contributed by atoms with Gasteiger partial charge in [0.25, 0.3) is 0 Å². The van der Waals surface area contributed by atoms with Crippen LogP contribution in [0.4, 0.5) is 0 Å². The molecule has 23 heavy (non-hydrogen) atoms. The van der Waals surface area contributed by atoms with Crippen LogP contribution in [-0.2, 0) is 12.8 Å². The Kier molecular flexibility index (Phi) is 6.33. The first-order valence-electron chi connectivity index (χ1n) is 8.71. The SMILES string of the molecule is CCN=C(NC1CCc2cn(C(C)C)nc2C1)NC1CC1C.I. The third kappa shape index (κ3) is 4.61. The van der Waals surface area contributed by atoms with E-state index in [9.17, 15) is 0 Å². The summed E-state index contributed by atoms with van der Waals surface area (Å²) < 4.78 is 2.10. The van der Waals surface area contributed by atoms with E-state index in [2.05, 4.69) is 54.2 Å². The van der Waals surface area contributed by atoms with Crippen LogP contribution < -0.4 is 10.6 Å². The summed E-state index contributed by atoms with van der Waals surface area (Å²) in [6.45, 7) is 9.55. The number of halogens is 1. The van der Waals surface area contributed by atoms with E-state index in [1.165, 1.54) is 17.7 Å². The first kappa shape index (κ1) is 18.5. The number of nitrogens with zero attached hydrogens (tertiary/aromatic N) is 3. The number of aryl methyl sites for hydroxylation is 1. The van der Waals surface area contributed by atoms with Gasteiger partial charge in [-0.25, -0.2) is 0 Å². The molecule has 2 N–H and O–H groups in total. The van der Waals surface area contributed by atoms with Crippen molar-refractivity contribution in [2.75, 3.05) is 6.54 Å². The molecule has 3 rings (SSSR count). The van der Waals surface area contributed by atoms with Crippen LogP contribution in [0.25, 0.3) is 0 Å². The third-order valence-electron chi connectivity index (χ3n) is 4.71. The van der Waals surface area contributed by atoms with E-state index in [0.717, 1.165) is 37.7 Å². The van der Waals surface area contributed by atoms with Crippen molar-refractivity contribution >= 4 is 29.9 Å². The van der Waals surface area contributed by atoms with Gasteiger partial charge < -0.3 is 10.6 Å². The Balaban J connectivity index is 0.00000192. The van der Waals surface area contributed by atoms with Gasteiger partial charge in [0.05, 0.1) is 5.69 Å². The van der Waals surface area contributed by atoms with E-state index < -0.39 is 0 Å². The molecule has 3 atom stereocenters. The summed E-state index contributed by atoms with van der Waals surface area (Å²) in [6.07, 6.45) is 6.75. The van der Waals surface area contributed by atoms with Gasteiger partial charge in [0.15, 0.2) is 5.96 Å². The van der Waals surface area contributed by atoms with Gasteiger partial charge in [0.1, 0.15) is 0 Å². The summed E-state index contributed by atoms with van der Waals surface area (Å²) in [4.78, 5) is 4.59. The highest BCUT2D eigenvalue weighted by Gasteiger charge is 2.33. The molecule has 130 valence electrons. The Morgan fingerprint density at radius 3 is 2.78 bits per heavy atom. The van der Waals surface area contributed by atoms with Crippen LogP contribution in [0.1, 0.15) is 57.8 Å². The summed E-state index contributed by atoms with van der Waals surface area (Å²) in [5.74, 6) is 1.76. The van der Waals surface area contributed by atoms with Crippen LogP contribution in [0.3, 0.4) is 0 Å². The van der Waals surface area contributed by atoms with Gasteiger partial charge in [0, 0.05) is 37.3 Å². The second-order valence-corrected chi connectivity index (χ2v) is 7.05.